The van der Waals surface area contributed by atoms with Gasteiger partial charge in [-0.1, -0.05) is 6.92 Å². The molecule has 1 N–H and O–H groups in total. The molecule has 1 aromatic heterocycles. The van der Waals surface area contributed by atoms with Crippen LogP contribution in [0.1, 0.15) is 29.7 Å². The summed E-state index contributed by atoms with van der Waals surface area (Å²) in [6.07, 6.45) is 7.59. The van der Waals surface area contributed by atoms with Crippen molar-refractivity contribution in [2.75, 3.05) is 26.7 Å². The summed E-state index contributed by atoms with van der Waals surface area (Å²) in [4.78, 5) is 12.8. The van der Waals surface area contributed by atoms with Crippen molar-refractivity contribution >= 4 is 41.3 Å². The number of nitrogens with zero attached hydrogens (tertiary/aromatic N) is 3. The number of aliphatic imine (C=N–C) groups is 1. The van der Waals surface area contributed by atoms with Gasteiger partial charge in [0.2, 0.25) is 0 Å². The van der Waals surface area contributed by atoms with Gasteiger partial charge in [0.25, 0.3) is 0 Å². The standard InChI is InChI=1S/C17H26N4OS.HI/c1-3-11-8-20-16(23-11)6-7-19-17(18-2)21-9-12-13(10-21)15-5-4-14(12)22-15;/h8,12-15H,3-7,9-10H2,1-2H3,(H,18,19);1H. The van der Waals surface area contributed by atoms with E-state index in [2.05, 4.69) is 27.1 Å². The second-order valence-corrected chi connectivity index (χ2v) is 8.02. The summed E-state index contributed by atoms with van der Waals surface area (Å²) in [5.74, 6) is 2.49. The normalized spacial score (nSPS) is 31.2. The summed E-state index contributed by atoms with van der Waals surface area (Å²) in [6.45, 7) is 5.28. The first-order valence-corrected chi connectivity index (χ1v) is 9.64. The fraction of sp³-hybridized carbons (Fsp3) is 0.765. The zero-order valence-electron chi connectivity index (χ0n) is 14.4. The van der Waals surface area contributed by atoms with E-state index in [-0.39, 0.29) is 24.0 Å². The number of aromatic nitrogens is 1. The van der Waals surface area contributed by atoms with Crippen LogP contribution in [0.15, 0.2) is 11.2 Å². The number of likely N-dealkylation sites (tertiary alicyclic amines) is 1. The lowest BCUT2D eigenvalue weighted by Crippen LogP contribution is -2.42. The van der Waals surface area contributed by atoms with E-state index in [1.807, 2.05) is 24.6 Å². The molecule has 3 fully saturated rings. The average Bonchev–Trinajstić information content (AvgIpc) is 3.32. The molecule has 0 aromatic carbocycles. The molecule has 7 heteroatoms. The van der Waals surface area contributed by atoms with Crippen LogP contribution in [0, 0.1) is 11.8 Å². The van der Waals surface area contributed by atoms with Crippen LogP contribution in [0.25, 0.3) is 0 Å². The van der Waals surface area contributed by atoms with E-state index in [1.165, 1.54) is 22.7 Å². The van der Waals surface area contributed by atoms with Gasteiger partial charge in [-0.15, -0.1) is 35.3 Å². The van der Waals surface area contributed by atoms with Crippen LogP contribution in [-0.4, -0.2) is 54.7 Å². The third-order valence-corrected chi connectivity index (χ3v) is 6.74. The predicted molar refractivity (Wildman–Crippen MR) is 108 cm³/mol. The maximum Gasteiger partial charge on any atom is 0.193 e. The second-order valence-electron chi connectivity index (χ2n) is 6.82. The smallest absolute Gasteiger partial charge is 0.193 e. The van der Waals surface area contributed by atoms with E-state index in [0.717, 1.165) is 50.3 Å². The van der Waals surface area contributed by atoms with Gasteiger partial charge in [-0.3, -0.25) is 4.99 Å². The maximum absolute atomic E-state index is 6.06. The van der Waals surface area contributed by atoms with Crippen LogP contribution in [-0.2, 0) is 17.6 Å². The highest BCUT2D eigenvalue weighted by atomic mass is 127. The zero-order valence-corrected chi connectivity index (χ0v) is 17.5. The van der Waals surface area contributed by atoms with Gasteiger partial charge in [0.15, 0.2) is 5.96 Å². The van der Waals surface area contributed by atoms with Crippen molar-refractivity contribution in [1.29, 1.82) is 0 Å². The number of hydrogen-bond donors (Lipinski definition) is 1. The average molecular weight is 462 g/mol. The van der Waals surface area contributed by atoms with Crippen LogP contribution >= 0.6 is 35.3 Å². The van der Waals surface area contributed by atoms with Gasteiger partial charge >= 0.3 is 0 Å². The van der Waals surface area contributed by atoms with E-state index in [9.17, 15) is 0 Å². The van der Waals surface area contributed by atoms with Crippen LogP contribution in [0.2, 0.25) is 0 Å². The lowest BCUT2D eigenvalue weighted by atomic mass is 9.82. The van der Waals surface area contributed by atoms with Crippen LogP contribution in [0.5, 0.6) is 0 Å². The Morgan fingerprint density at radius 2 is 2.08 bits per heavy atom. The highest BCUT2D eigenvalue weighted by molar-refractivity contribution is 14.0. The Bertz CT molecular complexity index is 575. The molecule has 5 nitrogen and oxygen atoms in total. The van der Waals surface area contributed by atoms with Gasteiger partial charge in [0.1, 0.15) is 0 Å². The number of fused-ring (bicyclic) bond motifs is 5. The van der Waals surface area contributed by atoms with E-state index < -0.39 is 0 Å². The van der Waals surface area contributed by atoms with E-state index in [4.69, 9.17) is 4.74 Å². The number of guanidine groups is 1. The third kappa shape index (κ3) is 3.44. The molecule has 134 valence electrons. The maximum atomic E-state index is 6.06. The summed E-state index contributed by atoms with van der Waals surface area (Å²) in [7, 11) is 1.89. The molecule has 4 atom stereocenters. The Labute approximate surface area is 165 Å². The fourth-order valence-electron chi connectivity index (χ4n) is 4.37. The van der Waals surface area contributed by atoms with Crippen molar-refractivity contribution in [3.63, 3.8) is 0 Å². The molecule has 3 saturated heterocycles. The summed E-state index contributed by atoms with van der Waals surface area (Å²) < 4.78 is 6.06. The largest absolute Gasteiger partial charge is 0.374 e. The lowest BCUT2D eigenvalue weighted by Gasteiger charge is -2.23. The summed E-state index contributed by atoms with van der Waals surface area (Å²) in [6, 6.07) is 0. The molecular formula is C17H27IN4OS. The third-order valence-electron chi connectivity index (χ3n) is 5.54. The SMILES string of the molecule is CCc1cnc(CCNC(=NC)N2CC3C4CCC(O4)C3C2)s1.I. The first-order valence-electron chi connectivity index (χ1n) is 8.83. The Morgan fingerprint density at radius 1 is 1.38 bits per heavy atom. The summed E-state index contributed by atoms with van der Waals surface area (Å²) in [5.41, 5.74) is 0. The Hall–Kier alpha value is -0.410. The molecule has 24 heavy (non-hydrogen) atoms. The van der Waals surface area contributed by atoms with Gasteiger partial charge in [-0.25, -0.2) is 4.98 Å². The van der Waals surface area contributed by atoms with Crippen LogP contribution in [0.3, 0.4) is 0 Å². The highest BCUT2D eigenvalue weighted by Crippen LogP contribution is 2.47. The predicted octanol–water partition coefficient (Wildman–Crippen LogP) is 2.55. The van der Waals surface area contributed by atoms with Gasteiger partial charge in [-0.2, -0.15) is 0 Å². The molecule has 4 rings (SSSR count). The van der Waals surface area contributed by atoms with Crippen molar-refractivity contribution in [3.8, 4) is 0 Å². The monoisotopic (exact) mass is 462 g/mol. The Morgan fingerprint density at radius 3 is 2.67 bits per heavy atom. The summed E-state index contributed by atoms with van der Waals surface area (Å²) >= 11 is 1.83. The molecular weight excluding hydrogens is 435 g/mol. The molecule has 1 aromatic rings. The van der Waals surface area contributed by atoms with Crippen LogP contribution in [0.4, 0.5) is 0 Å². The minimum Gasteiger partial charge on any atom is -0.374 e. The molecule has 0 aliphatic carbocycles. The number of hydrogen-bond acceptors (Lipinski definition) is 4. The molecule has 3 aliphatic rings. The van der Waals surface area contributed by atoms with Gasteiger partial charge in [0, 0.05) is 56.0 Å². The molecule has 2 bridgehead atoms. The quantitative estimate of drug-likeness (QED) is 0.425. The number of halogens is 1. The van der Waals surface area contributed by atoms with E-state index >= 15 is 0 Å². The molecule has 4 heterocycles. The number of thiazole rings is 1. The van der Waals surface area contributed by atoms with Crippen molar-refractivity contribution in [1.82, 2.24) is 15.2 Å². The molecule has 0 spiro atoms. The van der Waals surface area contributed by atoms with Gasteiger partial charge in [0.05, 0.1) is 17.2 Å². The van der Waals surface area contributed by atoms with E-state index in [0.29, 0.717) is 12.2 Å². The number of ether oxygens (including phenoxy) is 1. The Kier molecular flexibility index (Phi) is 6.02. The highest BCUT2D eigenvalue weighted by Gasteiger charge is 2.53. The minimum atomic E-state index is 0. The lowest BCUT2D eigenvalue weighted by molar-refractivity contribution is 0.0767. The fourth-order valence-corrected chi connectivity index (χ4v) is 5.24. The molecule has 0 radical (unpaired) electrons. The molecule has 3 aliphatic heterocycles. The van der Waals surface area contributed by atoms with Crippen molar-refractivity contribution in [3.05, 3.63) is 16.1 Å². The summed E-state index contributed by atoms with van der Waals surface area (Å²) in [5, 5.41) is 4.75. The number of nitrogens with one attached hydrogen (secondary N) is 1. The zero-order chi connectivity index (χ0) is 15.8. The first kappa shape index (κ1) is 18.4. The van der Waals surface area contributed by atoms with E-state index in [1.54, 1.807) is 0 Å². The number of rotatable bonds is 4. The second kappa shape index (κ2) is 7.86. The molecule has 4 unspecified atom stereocenters. The van der Waals surface area contributed by atoms with Crippen LogP contribution < -0.4 is 5.32 Å². The van der Waals surface area contributed by atoms with Gasteiger partial charge in [-0.05, 0) is 19.3 Å². The number of aryl methyl sites for hydroxylation is 1. The molecule has 0 amide bonds. The first-order chi connectivity index (χ1) is 11.3. The van der Waals surface area contributed by atoms with Gasteiger partial charge < -0.3 is 15.0 Å². The topological polar surface area (TPSA) is 49.8 Å². The molecule has 0 saturated carbocycles. The van der Waals surface area contributed by atoms with Crippen molar-refractivity contribution in [2.24, 2.45) is 16.8 Å². The minimum absolute atomic E-state index is 0. The Balaban J connectivity index is 0.00000169. The van der Waals surface area contributed by atoms with Crippen molar-refractivity contribution in [2.45, 2.75) is 44.8 Å². The van der Waals surface area contributed by atoms with Crippen molar-refractivity contribution < 1.29 is 4.74 Å².